The van der Waals surface area contributed by atoms with Gasteiger partial charge in [0.25, 0.3) is 0 Å². The fourth-order valence-corrected chi connectivity index (χ4v) is 0.453. The van der Waals surface area contributed by atoms with E-state index in [4.69, 9.17) is 5.73 Å². The second-order valence-corrected chi connectivity index (χ2v) is 1.96. The topological polar surface area (TPSA) is 46.3 Å². The molecule has 0 unspecified atom stereocenters. The molecule has 0 aliphatic heterocycles. The number of hydrogen-bond acceptors (Lipinski definition) is 2. The lowest BCUT2D eigenvalue weighted by Crippen LogP contribution is -2.26. The largest absolute Gasteiger partial charge is 0.346 e. The van der Waals surface area contributed by atoms with Gasteiger partial charge in [-0.2, -0.15) is 0 Å². The van der Waals surface area contributed by atoms with E-state index in [9.17, 15) is 4.79 Å². The Morgan fingerprint density at radius 3 is 2.67 bits per heavy atom. The molecule has 3 nitrogen and oxygen atoms in total. The second kappa shape index (κ2) is 4.32. The first-order chi connectivity index (χ1) is 4.18. The van der Waals surface area contributed by atoms with E-state index in [1.54, 1.807) is 11.9 Å². The maximum absolute atomic E-state index is 10.4. The summed E-state index contributed by atoms with van der Waals surface area (Å²) in [5.74, 6) is -0.150. The highest BCUT2D eigenvalue weighted by atomic mass is 16.2. The highest BCUT2D eigenvalue weighted by molar-refractivity contribution is 5.79. The monoisotopic (exact) mass is 129 g/mol. The average Bonchev–Trinajstić information content (AvgIpc) is 1.82. The summed E-state index contributed by atoms with van der Waals surface area (Å²) in [4.78, 5) is 12.0. The zero-order valence-corrected chi connectivity index (χ0v) is 5.76. The van der Waals surface area contributed by atoms with Gasteiger partial charge >= 0.3 is 0 Å². The van der Waals surface area contributed by atoms with Crippen LogP contribution in [0.5, 0.6) is 0 Å². The summed E-state index contributed by atoms with van der Waals surface area (Å²) in [7, 11) is 1.71. The lowest BCUT2D eigenvalue weighted by molar-refractivity contribution is -0.125. The number of carbonyl (C=O) groups excluding carboxylic acids is 1. The summed E-state index contributed by atoms with van der Waals surface area (Å²) < 4.78 is 0. The zero-order chi connectivity index (χ0) is 7.28. The first-order valence-corrected chi connectivity index (χ1v) is 2.95. The van der Waals surface area contributed by atoms with Crippen molar-refractivity contribution in [1.29, 1.82) is 0 Å². The fourth-order valence-electron chi connectivity index (χ4n) is 0.453. The molecule has 0 aliphatic carbocycles. The Balaban J connectivity index is 3.27. The van der Waals surface area contributed by atoms with Crippen molar-refractivity contribution in [3.63, 3.8) is 0 Å². The number of carbonyl (C=O) groups is 1. The number of nitrogens with two attached hydrogens (primary N) is 1. The molecule has 0 spiro atoms. The third-order valence-corrected chi connectivity index (χ3v) is 1.12. The molecule has 0 atom stereocenters. The molecule has 0 bridgehead atoms. The smallest absolute Gasteiger partial charge is 0.222 e. The predicted molar refractivity (Wildman–Crippen MR) is 36.7 cm³/mol. The van der Waals surface area contributed by atoms with Gasteiger partial charge in [0.1, 0.15) is 0 Å². The molecule has 0 aromatic carbocycles. The van der Waals surface area contributed by atoms with E-state index in [0.29, 0.717) is 13.1 Å². The van der Waals surface area contributed by atoms with Gasteiger partial charge in [0.05, 0.1) is 0 Å². The summed E-state index contributed by atoms with van der Waals surface area (Å²) in [6, 6.07) is 0. The third kappa shape index (κ3) is 3.97. The van der Waals surface area contributed by atoms with E-state index < -0.39 is 0 Å². The van der Waals surface area contributed by atoms with Gasteiger partial charge in [-0.05, 0) is 13.0 Å². The first-order valence-electron chi connectivity index (χ1n) is 2.95. The molecule has 3 heteroatoms. The van der Waals surface area contributed by atoms with Crippen molar-refractivity contribution >= 4 is 5.91 Å². The van der Waals surface area contributed by atoms with Gasteiger partial charge in [-0.25, -0.2) is 0 Å². The van der Waals surface area contributed by atoms with Crippen LogP contribution in [0.15, 0.2) is 0 Å². The molecule has 0 aromatic rings. The van der Waals surface area contributed by atoms with E-state index in [1.807, 2.05) is 0 Å². The van der Waals surface area contributed by atoms with Crippen LogP contribution in [0.4, 0.5) is 0 Å². The maximum Gasteiger partial charge on any atom is 0.222 e. The number of rotatable bonds is 3. The Bertz CT molecular complexity index is 93.1. The lowest BCUT2D eigenvalue weighted by Gasteiger charge is -2.12. The molecule has 1 amide bonds. The molecule has 0 saturated carbocycles. The van der Waals surface area contributed by atoms with E-state index in [0.717, 1.165) is 6.42 Å². The molecule has 0 rings (SSSR count). The van der Waals surface area contributed by atoms with Crippen LogP contribution in [0.3, 0.4) is 0 Å². The van der Waals surface area contributed by atoms with Gasteiger partial charge < -0.3 is 10.6 Å². The quantitative estimate of drug-likeness (QED) is 0.565. The molecular formula is C6H13N2O. The van der Waals surface area contributed by atoms with Crippen molar-refractivity contribution in [3.05, 3.63) is 6.92 Å². The molecule has 9 heavy (non-hydrogen) atoms. The predicted octanol–water partition coefficient (Wildman–Crippen LogP) is -0.372. The third-order valence-electron chi connectivity index (χ3n) is 1.12. The van der Waals surface area contributed by atoms with Crippen molar-refractivity contribution in [2.75, 3.05) is 20.1 Å². The van der Waals surface area contributed by atoms with Gasteiger partial charge in [0.15, 0.2) is 0 Å². The highest BCUT2D eigenvalue weighted by Crippen LogP contribution is 1.84. The summed E-state index contributed by atoms with van der Waals surface area (Å²) in [5.41, 5.74) is 5.22. The SMILES string of the molecule is [CH2]C(=O)N(C)CCCN. The first kappa shape index (κ1) is 8.43. The van der Waals surface area contributed by atoms with E-state index in [-0.39, 0.29) is 5.91 Å². The van der Waals surface area contributed by atoms with E-state index in [2.05, 4.69) is 6.92 Å². The van der Waals surface area contributed by atoms with Crippen LogP contribution >= 0.6 is 0 Å². The van der Waals surface area contributed by atoms with Gasteiger partial charge in [-0.3, -0.25) is 4.79 Å². The van der Waals surface area contributed by atoms with Crippen LogP contribution in [0, 0.1) is 6.92 Å². The second-order valence-electron chi connectivity index (χ2n) is 1.96. The van der Waals surface area contributed by atoms with Crippen LogP contribution in [0.1, 0.15) is 6.42 Å². The normalized spacial score (nSPS) is 9.22. The molecule has 1 radical (unpaired) electrons. The number of amides is 1. The molecule has 0 saturated heterocycles. The van der Waals surface area contributed by atoms with Gasteiger partial charge in [0.2, 0.25) is 5.91 Å². The van der Waals surface area contributed by atoms with Crippen LogP contribution in [-0.2, 0) is 4.79 Å². The summed E-state index contributed by atoms with van der Waals surface area (Å²) in [6.45, 7) is 4.57. The number of hydrogen-bond donors (Lipinski definition) is 1. The highest BCUT2D eigenvalue weighted by Gasteiger charge is 1.98. The Morgan fingerprint density at radius 1 is 1.78 bits per heavy atom. The summed E-state index contributed by atoms with van der Waals surface area (Å²) in [5, 5.41) is 0. The standard InChI is InChI=1S/C6H13N2O/c1-6(9)8(2)5-3-4-7/h1,3-5,7H2,2H3. The fraction of sp³-hybridized carbons (Fsp3) is 0.667. The Morgan fingerprint density at radius 2 is 2.33 bits per heavy atom. The van der Waals surface area contributed by atoms with Crippen LogP contribution < -0.4 is 5.73 Å². The van der Waals surface area contributed by atoms with Crippen LogP contribution in [-0.4, -0.2) is 30.9 Å². The Hall–Kier alpha value is -0.570. The molecular weight excluding hydrogens is 116 g/mol. The summed E-state index contributed by atoms with van der Waals surface area (Å²) >= 11 is 0. The minimum absolute atomic E-state index is 0.150. The Kier molecular flexibility index (Phi) is 4.05. The molecule has 0 aromatic heterocycles. The molecule has 0 fully saturated rings. The molecule has 2 N–H and O–H groups in total. The maximum atomic E-state index is 10.4. The minimum atomic E-state index is -0.150. The zero-order valence-electron chi connectivity index (χ0n) is 5.76. The number of nitrogens with zero attached hydrogens (tertiary/aromatic N) is 1. The van der Waals surface area contributed by atoms with Gasteiger partial charge in [-0.1, -0.05) is 0 Å². The molecule has 53 valence electrons. The minimum Gasteiger partial charge on any atom is -0.346 e. The van der Waals surface area contributed by atoms with E-state index in [1.165, 1.54) is 0 Å². The average molecular weight is 129 g/mol. The lowest BCUT2D eigenvalue weighted by atomic mass is 10.4. The molecule has 0 heterocycles. The van der Waals surface area contributed by atoms with Crippen molar-refractivity contribution in [1.82, 2.24) is 4.90 Å². The summed E-state index contributed by atoms with van der Waals surface area (Å²) in [6.07, 6.45) is 0.845. The van der Waals surface area contributed by atoms with Crippen LogP contribution in [0.25, 0.3) is 0 Å². The van der Waals surface area contributed by atoms with E-state index >= 15 is 0 Å². The van der Waals surface area contributed by atoms with Crippen molar-refractivity contribution in [2.45, 2.75) is 6.42 Å². The van der Waals surface area contributed by atoms with Gasteiger partial charge in [-0.15, -0.1) is 0 Å². The molecule has 0 aliphatic rings. The van der Waals surface area contributed by atoms with Crippen LogP contribution in [0.2, 0.25) is 0 Å². The van der Waals surface area contributed by atoms with Crippen molar-refractivity contribution < 1.29 is 4.79 Å². The van der Waals surface area contributed by atoms with Crippen molar-refractivity contribution in [3.8, 4) is 0 Å². The van der Waals surface area contributed by atoms with Gasteiger partial charge in [0, 0.05) is 20.5 Å². The Labute approximate surface area is 55.8 Å². The van der Waals surface area contributed by atoms with Crippen molar-refractivity contribution in [2.24, 2.45) is 5.73 Å².